The Bertz CT molecular complexity index is 1090. The Balaban J connectivity index is 1.93. The minimum absolute atomic E-state index is 0.199. The van der Waals surface area contributed by atoms with Crippen LogP contribution in [0.15, 0.2) is 34.8 Å². The Kier molecular flexibility index (Phi) is 4.66. The predicted molar refractivity (Wildman–Crippen MR) is 110 cm³/mol. The maximum Gasteiger partial charge on any atom is 0.330 e. The lowest BCUT2D eigenvalue weighted by atomic mass is 10.1. The summed E-state index contributed by atoms with van der Waals surface area (Å²) in [6, 6.07) is 8.65. The fourth-order valence-corrected chi connectivity index (χ4v) is 3.85. The van der Waals surface area contributed by atoms with Crippen LogP contribution < -0.4 is 14.5 Å². The molecule has 2 heterocycles. The Hall–Kier alpha value is -2.74. The second kappa shape index (κ2) is 7.01. The molecule has 0 radical (unpaired) electrons. The van der Waals surface area contributed by atoms with E-state index in [4.69, 9.17) is 4.74 Å². The summed E-state index contributed by atoms with van der Waals surface area (Å²) in [5, 5.41) is 0.543. The molecule has 0 bridgehead atoms. The molecule has 1 aliphatic heterocycles. The van der Waals surface area contributed by atoms with Crippen molar-refractivity contribution in [1.29, 1.82) is 0 Å². The van der Waals surface area contributed by atoms with Crippen molar-refractivity contribution in [2.75, 3.05) is 23.5 Å². The molecule has 0 spiro atoms. The number of halogens is 2. The van der Waals surface area contributed by atoms with Crippen LogP contribution in [0.5, 0.6) is 5.75 Å². The zero-order chi connectivity index (χ0) is 20.0. The molecule has 28 heavy (non-hydrogen) atoms. The average molecular weight is 445 g/mol. The van der Waals surface area contributed by atoms with E-state index in [0.717, 1.165) is 5.56 Å². The molecule has 0 atom stereocenters. The zero-order valence-electron chi connectivity index (χ0n) is 15.7. The summed E-state index contributed by atoms with van der Waals surface area (Å²) >= 11 is 3.26. The first-order chi connectivity index (χ1) is 13.4. The summed E-state index contributed by atoms with van der Waals surface area (Å²) in [6.45, 7) is 4.26. The number of nitrogens with zero attached hydrogens (tertiary/aromatic N) is 4. The van der Waals surface area contributed by atoms with Gasteiger partial charge in [0, 0.05) is 6.54 Å². The molecule has 8 heteroatoms. The minimum Gasteiger partial charge on any atom is -0.497 e. The Morgan fingerprint density at radius 3 is 2.54 bits per heavy atom. The lowest BCUT2D eigenvalue weighted by molar-refractivity contribution is 0.250. The number of aromatic nitrogens is 2. The Morgan fingerprint density at radius 2 is 1.89 bits per heavy atom. The number of anilines is 2. The first-order valence-electron chi connectivity index (χ1n) is 8.83. The maximum absolute atomic E-state index is 15.2. The molecule has 0 saturated heterocycles. The Morgan fingerprint density at radius 1 is 1.18 bits per heavy atom. The first kappa shape index (κ1) is 18.6. The van der Waals surface area contributed by atoms with Gasteiger partial charge in [0.05, 0.1) is 34.7 Å². The molecular formula is C20H18BrFN4O2. The second-order valence-corrected chi connectivity index (χ2v) is 7.32. The minimum atomic E-state index is -0.501. The van der Waals surface area contributed by atoms with Crippen LogP contribution >= 0.6 is 15.9 Å². The Labute approximate surface area is 170 Å². The molecule has 1 aromatic heterocycles. The quantitative estimate of drug-likeness (QED) is 0.578. The van der Waals surface area contributed by atoms with Gasteiger partial charge in [0.1, 0.15) is 11.6 Å². The van der Waals surface area contributed by atoms with Gasteiger partial charge >= 0.3 is 6.03 Å². The van der Waals surface area contributed by atoms with Gasteiger partial charge in [-0.1, -0.05) is 12.1 Å². The zero-order valence-corrected chi connectivity index (χ0v) is 17.2. The van der Waals surface area contributed by atoms with Crippen LogP contribution in [0.3, 0.4) is 0 Å². The number of benzene rings is 2. The molecular weight excluding hydrogens is 427 g/mol. The van der Waals surface area contributed by atoms with Gasteiger partial charge in [-0.15, -0.1) is 0 Å². The number of hydrogen-bond acceptors (Lipinski definition) is 4. The van der Waals surface area contributed by atoms with Crippen molar-refractivity contribution in [2.24, 2.45) is 0 Å². The predicted octanol–water partition coefficient (Wildman–Crippen LogP) is 4.81. The standard InChI is InChI=1S/C20H18BrFN4O2/c1-4-25-19-16-15(23-11(2)24-19)9-14(21)17(22)18(16)26(20(25)27)10-12-5-7-13(28-3)8-6-12/h5-9H,4,10H2,1-3H3. The van der Waals surface area contributed by atoms with E-state index < -0.39 is 5.82 Å². The molecule has 0 fully saturated rings. The van der Waals surface area contributed by atoms with Crippen molar-refractivity contribution in [3.05, 3.63) is 52.0 Å². The largest absolute Gasteiger partial charge is 0.497 e. The third-order valence-electron chi connectivity index (χ3n) is 4.75. The number of carbonyl (C=O) groups excluding carboxylic acids is 1. The molecule has 144 valence electrons. The van der Waals surface area contributed by atoms with Crippen LogP contribution in [0, 0.1) is 12.7 Å². The van der Waals surface area contributed by atoms with Crippen LogP contribution in [0.25, 0.3) is 10.9 Å². The van der Waals surface area contributed by atoms with Crippen molar-refractivity contribution >= 4 is 44.4 Å². The normalized spacial score (nSPS) is 13.4. The number of aryl methyl sites for hydroxylation is 1. The molecule has 0 aliphatic carbocycles. The van der Waals surface area contributed by atoms with Crippen molar-refractivity contribution in [3.8, 4) is 5.75 Å². The number of amides is 2. The average Bonchev–Trinajstić information content (AvgIpc) is 2.68. The fourth-order valence-electron chi connectivity index (χ4n) is 3.44. The van der Waals surface area contributed by atoms with E-state index in [9.17, 15) is 4.79 Å². The van der Waals surface area contributed by atoms with Gasteiger partial charge < -0.3 is 4.74 Å². The van der Waals surface area contributed by atoms with E-state index in [1.54, 1.807) is 25.0 Å². The topological polar surface area (TPSA) is 58.6 Å². The van der Waals surface area contributed by atoms with Crippen molar-refractivity contribution in [3.63, 3.8) is 0 Å². The van der Waals surface area contributed by atoms with Gasteiger partial charge in [0.25, 0.3) is 0 Å². The number of hydrogen-bond donors (Lipinski definition) is 0. The molecule has 2 aromatic carbocycles. The van der Waals surface area contributed by atoms with Crippen molar-refractivity contribution < 1.29 is 13.9 Å². The molecule has 4 rings (SSSR count). The molecule has 3 aromatic rings. The molecule has 2 amide bonds. The van der Waals surface area contributed by atoms with Crippen LogP contribution in [0.2, 0.25) is 0 Å². The summed E-state index contributed by atoms with van der Waals surface area (Å²) in [5.41, 5.74) is 1.65. The van der Waals surface area contributed by atoms with Crippen LogP contribution in [0.4, 0.5) is 20.7 Å². The van der Waals surface area contributed by atoms with E-state index in [2.05, 4.69) is 25.9 Å². The smallest absolute Gasteiger partial charge is 0.330 e. The highest BCUT2D eigenvalue weighted by Crippen LogP contribution is 2.43. The molecule has 0 saturated carbocycles. The summed E-state index contributed by atoms with van der Waals surface area (Å²) in [4.78, 5) is 25.1. The molecule has 0 N–H and O–H groups in total. The van der Waals surface area contributed by atoms with E-state index >= 15 is 4.39 Å². The molecule has 1 aliphatic rings. The lowest BCUT2D eigenvalue weighted by Crippen LogP contribution is -2.47. The third-order valence-corrected chi connectivity index (χ3v) is 5.33. The molecule has 6 nitrogen and oxygen atoms in total. The van der Waals surface area contributed by atoms with Gasteiger partial charge in [0.2, 0.25) is 0 Å². The van der Waals surface area contributed by atoms with Gasteiger partial charge in [-0.25, -0.2) is 19.2 Å². The number of carbonyl (C=O) groups is 1. The first-order valence-corrected chi connectivity index (χ1v) is 9.62. The molecule has 0 unspecified atom stereocenters. The number of ether oxygens (including phenoxy) is 1. The van der Waals surface area contributed by atoms with Crippen LogP contribution in [-0.4, -0.2) is 29.7 Å². The fraction of sp³-hybridized carbons (Fsp3) is 0.250. The van der Waals surface area contributed by atoms with Crippen LogP contribution in [-0.2, 0) is 6.54 Å². The highest BCUT2D eigenvalue weighted by Gasteiger charge is 2.36. The van der Waals surface area contributed by atoms with E-state index in [0.29, 0.717) is 34.8 Å². The highest BCUT2D eigenvalue weighted by atomic mass is 79.9. The van der Waals surface area contributed by atoms with E-state index in [1.165, 1.54) is 4.90 Å². The second-order valence-electron chi connectivity index (χ2n) is 6.47. The van der Waals surface area contributed by atoms with Crippen molar-refractivity contribution in [2.45, 2.75) is 20.4 Å². The summed E-state index contributed by atoms with van der Waals surface area (Å²) in [6.07, 6.45) is 0. The number of rotatable bonds is 4. The SMILES string of the molecule is CCN1C(=O)N(Cc2ccc(OC)cc2)c2c(F)c(Br)cc3nc(C)nc1c23. The van der Waals surface area contributed by atoms with Gasteiger partial charge in [0.15, 0.2) is 11.6 Å². The highest BCUT2D eigenvalue weighted by molar-refractivity contribution is 9.10. The van der Waals surface area contributed by atoms with Gasteiger partial charge in [-0.05, 0) is 53.5 Å². The number of methoxy groups -OCH3 is 1. The summed E-state index contributed by atoms with van der Waals surface area (Å²) in [7, 11) is 1.59. The van der Waals surface area contributed by atoms with Gasteiger partial charge in [-0.3, -0.25) is 9.80 Å². The van der Waals surface area contributed by atoms with E-state index in [1.807, 2.05) is 31.2 Å². The summed E-state index contributed by atoms with van der Waals surface area (Å²) < 4.78 is 20.6. The lowest BCUT2D eigenvalue weighted by Gasteiger charge is -2.36. The van der Waals surface area contributed by atoms with Gasteiger partial charge in [-0.2, -0.15) is 0 Å². The number of urea groups is 1. The van der Waals surface area contributed by atoms with E-state index in [-0.39, 0.29) is 22.7 Å². The maximum atomic E-state index is 15.2. The van der Waals surface area contributed by atoms with Crippen LogP contribution in [0.1, 0.15) is 18.3 Å². The monoisotopic (exact) mass is 444 g/mol. The summed E-state index contributed by atoms with van der Waals surface area (Å²) in [5.74, 6) is 1.19. The van der Waals surface area contributed by atoms with Crippen molar-refractivity contribution in [1.82, 2.24) is 9.97 Å². The third kappa shape index (κ3) is 2.88.